The van der Waals surface area contributed by atoms with E-state index in [1.807, 2.05) is 60.8 Å². The molecule has 3 rings (SSSR count). The average Bonchev–Trinajstić information content (AvgIpc) is 2.99. The van der Waals surface area contributed by atoms with Gasteiger partial charge in [-0.3, -0.25) is 0 Å². The number of hydrogen-bond acceptors (Lipinski definition) is 4. The third-order valence-corrected chi connectivity index (χ3v) is 3.50. The van der Waals surface area contributed by atoms with Crippen LogP contribution >= 0.6 is 0 Å². The Morgan fingerprint density at radius 2 is 1.79 bits per heavy atom. The van der Waals surface area contributed by atoms with Gasteiger partial charge in [-0.25, -0.2) is 4.98 Å². The van der Waals surface area contributed by atoms with E-state index in [9.17, 15) is 9.90 Å². The summed E-state index contributed by atoms with van der Waals surface area (Å²) in [5, 5.41) is 11.0. The largest absolute Gasteiger partial charge is 1.00 e. The summed E-state index contributed by atoms with van der Waals surface area (Å²) in [4.78, 5) is 15.5. The summed E-state index contributed by atoms with van der Waals surface area (Å²) in [5.74, 6) is 0.0299. The number of imidazole rings is 1. The number of carboxylic acid groups (broad SMARTS) is 1. The number of carbonyl (C=O) groups is 1. The molecule has 1 aromatic heterocycles. The van der Waals surface area contributed by atoms with Gasteiger partial charge in [-0.05, 0) is 36.4 Å². The first-order valence-corrected chi connectivity index (χ1v) is 7.15. The molecule has 0 aliphatic rings. The molecule has 0 bridgehead atoms. The zero-order valence-corrected chi connectivity index (χ0v) is 13.6. The molecule has 0 radical (unpaired) electrons. The third kappa shape index (κ3) is 3.88. The fourth-order valence-electron chi connectivity index (χ4n) is 2.39. The summed E-state index contributed by atoms with van der Waals surface area (Å²) in [5.41, 5.74) is 2.45. The molecule has 0 saturated carbocycles. The van der Waals surface area contributed by atoms with Crippen molar-refractivity contribution in [1.29, 1.82) is 0 Å². The van der Waals surface area contributed by atoms with Gasteiger partial charge in [-0.1, -0.05) is 18.2 Å². The van der Waals surface area contributed by atoms with Crippen molar-refractivity contribution in [3.8, 4) is 22.7 Å². The predicted molar refractivity (Wildman–Crippen MR) is 84.3 cm³/mol. The Balaban J connectivity index is 0.00000208. The molecule has 116 valence electrons. The molecule has 3 aromatic rings. The molecule has 0 atom stereocenters. The first kappa shape index (κ1) is 17.9. The van der Waals surface area contributed by atoms with Crippen LogP contribution in [0.25, 0.3) is 16.9 Å². The van der Waals surface area contributed by atoms with Crippen molar-refractivity contribution in [2.45, 2.75) is 6.42 Å². The van der Waals surface area contributed by atoms with Gasteiger partial charge in [0.15, 0.2) is 0 Å². The molecular weight excluding hydrogens is 299 g/mol. The molecule has 0 amide bonds. The summed E-state index contributed by atoms with van der Waals surface area (Å²) in [7, 11) is 1.61. The van der Waals surface area contributed by atoms with Crippen molar-refractivity contribution in [2.75, 3.05) is 7.11 Å². The predicted octanol–water partition coefficient (Wildman–Crippen LogP) is -1.16. The smallest absolute Gasteiger partial charge is 0.550 e. The zero-order valence-electron chi connectivity index (χ0n) is 13.6. The molecule has 0 saturated heterocycles. The van der Waals surface area contributed by atoms with Gasteiger partial charge in [0.25, 0.3) is 0 Å². The van der Waals surface area contributed by atoms with Crippen LogP contribution in [0.1, 0.15) is 5.82 Å². The minimum Gasteiger partial charge on any atom is -0.550 e. The number of aliphatic carboxylic acids is 1. The van der Waals surface area contributed by atoms with Gasteiger partial charge in [0.1, 0.15) is 11.6 Å². The Hall–Kier alpha value is -2.48. The SMILES string of the molecule is COc1ccc(-c2cn(-c3ccccc3)c(CC(=O)[O-])n2)cc1.[Li+]. The molecule has 0 spiro atoms. The van der Waals surface area contributed by atoms with Gasteiger partial charge in [-0.15, -0.1) is 0 Å². The van der Waals surface area contributed by atoms with Crippen LogP contribution in [0.3, 0.4) is 0 Å². The minimum atomic E-state index is -1.16. The maximum absolute atomic E-state index is 11.0. The van der Waals surface area contributed by atoms with Crippen LogP contribution in [0.5, 0.6) is 5.75 Å². The third-order valence-electron chi connectivity index (χ3n) is 3.50. The Bertz CT molecular complexity index is 814. The summed E-state index contributed by atoms with van der Waals surface area (Å²) in [6.07, 6.45) is 1.58. The molecule has 0 fully saturated rings. The maximum Gasteiger partial charge on any atom is 1.00 e. The van der Waals surface area contributed by atoms with Crippen molar-refractivity contribution in [2.24, 2.45) is 0 Å². The Labute approximate surface area is 152 Å². The average molecular weight is 314 g/mol. The van der Waals surface area contributed by atoms with E-state index in [1.165, 1.54) is 0 Å². The van der Waals surface area contributed by atoms with E-state index in [0.717, 1.165) is 17.0 Å². The quantitative estimate of drug-likeness (QED) is 0.558. The molecule has 0 N–H and O–H groups in total. The number of benzene rings is 2. The van der Waals surface area contributed by atoms with Crippen LogP contribution in [0.4, 0.5) is 0 Å². The zero-order chi connectivity index (χ0) is 16.2. The summed E-state index contributed by atoms with van der Waals surface area (Å²) >= 11 is 0. The van der Waals surface area contributed by atoms with Crippen LogP contribution in [-0.4, -0.2) is 22.6 Å². The topological polar surface area (TPSA) is 67.2 Å². The molecule has 6 heteroatoms. The Morgan fingerprint density at radius 1 is 1.12 bits per heavy atom. The van der Waals surface area contributed by atoms with Gasteiger partial charge in [0, 0.05) is 29.8 Å². The second kappa shape index (κ2) is 7.87. The Morgan fingerprint density at radius 3 is 2.38 bits per heavy atom. The Kier molecular flexibility index (Phi) is 5.86. The fraction of sp³-hybridized carbons (Fsp3) is 0.111. The van der Waals surface area contributed by atoms with E-state index in [0.29, 0.717) is 11.5 Å². The number of rotatable bonds is 5. The van der Waals surface area contributed by atoms with Gasteiger partial charge in [-0.2, -0.15) is 0 Å². The van der Waals surface area contributed by atoms with E-state index in [-0.39, 0.29) is 25.3 Å². The van der Waals surface area contributed by atoms with Gasteiger partial charge in [0.2, 0.25) is 0 Å². The summed E-state index contributed by atoms with van der Waals surface area (Å²) in [6, 6.07) is 17.0. The van der Waals surface area contributed by atoms with Crippen molar-refractivity contribution >= 4 is 5.97 Å². The number of carbonyl (C=O) groups excluding carboxylic acids is 1. The number of ether oxygens (including phenoxy) is 1. The van der Waals surface area contributed by atoms with Crippen LogP contribution in [0.2, 0.25) is 0 Å². The van der Waals surface area contributed by atoms with E-state index >= 15 is 0 Å². The molecule has 0 unspecified atom stereocenters. The van der Waals surface area contributed by atoms with Crippen molar-refractivity contribution in [1.82, 2.24) is 9.55 Å². The number of methoxy groups -OCH3 is 1. The van der Waals surface area contributed by atoms with Crippen LogP contribution in [-0.2, 0) is 11.2 Å². The molecular formula is C18H15LiN2O3. The van der Waals surface area contributed by atoms with Gasteiger partial charge >= 0.3 is 18.9 Å². The number of carboxylic acids is 1. The van der Waals surface area contributed by atoms with Crippen LogP contribution in [0.15, 0.2) is 60.8 Å². The summed E-state index contributed by atoms with van der Waals surface area (Å²) < 4.78 is 6.92. The minimum absolute atomic E-state index is 0. The van der Waals surface area contributed by atoms with Crippen molar-refractivity contribution in [3.05, 3.63) is 66.6 Å². The second-order valence-corrected chi connectivity index (χ2v) is 5.03. The van der Waals surface area contributed by atoms with Crippen molar-refractivity contribution in [3.63, 3.8) is 0 Å². The second-order valence-electron chi connectivity index (χ2n) is 5.03. The number of aromatic nitrogens is 2. The van der Waals surface area contributed by atoms with E-state index in [2.05, 4.69) is 4.98 Å². The molecule has 5 nitrogen and oxygen atoms in total. The standard InChI is InChI=1S/C18H16N2O3.Li/c1-23-15-9-7-13(8-10-15)16-12-20(14-5-3-2-4-6-14)17(19-16)11-18(21)22;/h2-10,12H,11H2,1H3,(H,21,22);/q;+1/p-1. The van der Waals surface area contributed by atoms with Gasteiger partial charge in [0.05, 0.1) is 12.8 Å². The van der Waals surface area contributed by atoms with E-state index in [1.54, 1.807) is 11.7 Å². The maximum atomic E-state index is 11.0. The number of hydrogen-bond donors (Lipinski definition) is 0. The van der Waals surface area contributed by atoms with E-state index < -0.39 is 5.97 Å². The van der Waals surface area contributed by atoms with Crippen LogP contribution in [0, 0.1) is 0 Å². The molecule has 24 heavy (non-hydrogen) atoms. The first-order chi connectivity index (χ1) is 11.2. The normalized spacial score (nSPS) is 10.0. The summed E-state index contributed by atoms with van der Waals surface area (Å²) in [6.45, 7) is 0. The molecule has 2 aromatic carbocycles. The number of para-hydroxylation sites is 1. The molecule has 0 aliphatic heterocycles. The fourth-order valence-corrected chi connectivity index (χ4v) is 2.39. The molecule has 1 heterocycles. The monoisotopic (exact) mass is 314 g/mol. The first-order valence-electron chi connectivity index (χ1n) is 7.15. The van der Waals surface area contributed by atoms with Gasteiger partial charge < -0.3 is 19.2 Å². The van der Waals surface area contributed by atoms with E-state index in [4.69, 9.17) is 4.74 Å². The number of nitrogens with zero attached hydrogens (tertiary/aromatic N) is 2. The molecule has 0 aliphatic carbocycles. The van der Waals surface area contributed by atoms with Crippen LogP contribution < -0.4 is 28.7 Å². The van der Waals surface area contributed by atoms with Crippen molar-refractivity contribution < 1.29 is 33.5 Å².